The van der Waals surface area contributed by atoms with Crippen LogP contribution in [-0.2, 0) is 5.04 Å². The molecule has 0 saturated heterocycles. The molecule has 0 aromatic carbocycles. The molecule has 0 aromatic rings. The van der Waals surface area contributed by atoms with Crippen LogP contribution < -0.4 is 19.2 Å². The third kappa shape index (κ3) is 155. The molecule has 10 heteroatoms. The van der Waals surface area contributed by atoms with E-state index in [1.165, 1.54) is 0 Å². The SMILES string of the molecule is OOO.[Ca+2].[Ca+2].[O-][Si]([O-])([O-])[O-]. The van der Waals surface area contributed by atoms with Gasteiger partial charge in [0, 0.05) is 0 Å². The van der Waals surface area contributed by atoms with Crippen molar-refractivity contribution in [2.45, 2.75) is 0 Å². The standard InChI is InChI=1S/2Ca.O4Si.H2O3/c;;1-5(2,3)4;1-3-2/h;;;1-2H/q2*+2;-4;. The second-order valence-corrected chi connectivity index (χ2v) is 1.58. The van der Waals surface area contributed by atoms with E-state index in [9.17, 15) is 0 Å². The Morgan fingerprint density at radius 3 is 0.900 bits per heavy atom. The average Bonchev–Trinajstić information content (AvgIpc) is 1.27. The zero-order chi connectivity index (χ0) is 7.21. The van der Waals surface area contributed by atoms with E-state index in [4.69, 9.17) is 29.7 Å². The van der Waals surface area contributed by atoms with Crippen LogP contribution in [0.1, 0.15) is 0 Å². The van der Waals surface area contributed by atoms with Crippen molar-refractivity contribution < 1.29 is 34.7 Å². The predicted octanol–water partition coefficient (Wildman–Crippen LogP) is -5.95. The molecule has 0 spiro atoms. The summed E-state index contributed by atoms with van der Waals surface area (Å²) in [6.07, 6.45) is 0. The molecule has 0 unspecified atom stereocenters. The van der Waals surface area contributed by atoms with Gasteiger partial charge in [-0.05, 0) is 0 Å². The van der Waals surface area contributed by atoms with Gasteiger partial charge in [-0.25, -0.2) is 10.5 Å². The van der Waals surface area contributed by atoms with Gasteiger partial charge < -0.3 is 28.2 Å². The normalized spacial score (nSPS) is 7.80. The van der Waals surface area contributed by atoms with Crippen molar-refractivity contribution in [1.29, 1.82) is 0 Å². The van der Waals surface area contributed by atoms with Crippen molar-refractivity contribution in [3.63, 3.8) is 0 Å². The van der Waals surface area contributed by atoms with E-state index in [-0.39, 0.29) is 75.5 Å². The van der Waals surface area contributed by atoms with Crippen molar-refractivity contribution in [3.8, 4) is 0 Å². The van der Waals surface area contributed by atoms with Crippen molar-refractivity contribution in [2.24, 2.45) is 0 Å². The first-order chi connectivity index (χ1) is 3.41. The molecule has 52 valence electrons. The van der Waals surface area contributed by atoms with Gasteiger partial charge in [0.15, 0.2) is 0 Å². The maximum absolute atomic E-state index is 8.58. The van der Waals surface area contributed by atoms with E-state index in [1.807, 2.05) is 0 Å². The average molecular weight is 222 g/mol. The first kappa shape index (κ1) is 22.9. The summed E-state index contributed by atoms with van der Waals surface area (Å²) < 4.78 is 0. The summed E-state index contributed by atoms with van der Waals surface area (Å²) in [6, 6.07) is 0. The summed E-state index contributed by atoms with van der Waals surface area (Å²) in [5, 5.41) is 15.5. The minimum absolute atomic E-state index is 0. The van der Waals surface area contributed by atoms with Gasteiger partial charge in [-0.2, -0.15) is 0 Å². The Hall–Kier alpha value is 2.46. The molecule has 0 radical (unpaired) electrons. The maximum Gasteiger partial charge on any atom is 2.00 e. The topological polar surface area (TPSA) is 142 Å². The molecule has 0 fully saturated rings. The van der Waals surface area contributed by atoms with Crippen LogP contribution in [0, 0.1) is 0 Å². The zero-order valence-corrected chi connectivity index (χ0v) is 10.3. The van der Waals surface area contributed by atoms with Crippen LogP contribution in [0.5, 0.6) is 0 Å². The molecule has 0 aliphatic heterocycles. The Bertz CT molecular complexity index is 35.4. The van der Waals surface area contributed by atoms with E-state index >= 15 is 0 Å². The van der Waals surface area contributed by atoms with E-state index in [0.29, 0.717) is 0 Å². The van der Waals surface area contributed by atoms with E-state index in [1.54, 1.807) is 0 Å². The van der Waals surface area contributed by atoms with Crippen molar-refractivity contribution >= 4 is 84.5 Å². The molecule has 0 aliphatic rings. The maximum atomic E-state index is 8.58. The van der Waals surface area contributed by atoms with Gasteiger partial charge >= 0.3 is 75.5 Å². The molecule has 0 heterocycles. The zero-order valence-electron chi connectivity index (χ0n) is 4.85. The number of hydrogen-bond acceptors (Lipinski definition) is 7. The monoisotopic (exact) mass is 222 g/mol. The Balaban J connectivity index is -0.0000000326. The smallest absolute Gasteiger partial charge is 0.894 e. The van der Waals surface area contributed by atoms with Crippen molar-refractivity contribution in [3.05, 3.63) is 0 Å². The fourth-order valence-corrected chi connectivity index (χ4v) is 0. The molecule has 0 bridgehead atoms. The molecule has 2 N–H and O–H groups in total. The van der Waals surface area contributed by atoms with Crippen LogP contribution in [0.25, 0.3) is 0 Å². The van der Waals surface area contributed by atoms with Gasteiger partial charge in [0.1, 0.15) is 0 Å². The van der Waals surface area contributed by atoms with Crippen LogP contribution in [0.15, 0.2) is 0 Å². The Morgan fingerprint density at radius 2 is 0.900 bits per heavy atom. The minimum atomic E-state index is -5.61. The summed E-state index contributed by atoms with van der Waals surface area (Å²) >= 11 is 0. The fraction of sp³-hybridized carbons (Fsp3) is 0. The molecule has 0 aromatic heterocycles. The molecule has 0 aliphatic carbocycles. The molecular formula is H2Ca2O7Si. The fourth-order valence-electron chi connectivity index (χ4n) is 0. The minimum Gasteiger partial charge on any atom is -0.894 e. The van der Waals surface area contributed by atoms with Crippen LogP contribution in [0.3, 0.4) is 0 Å². The van der Waals surface area contributed by atoms with Gasteiger partial charge in [-0.15, -0.1) is 0 Å². The molecule has 0 amide bonds. The number of hydrogen-bond donors (Lipinski definition) is 2. The second-order valence-electron chi connectivity index (χ2n) is 0.582. The Kier molecular flexibility index (Phi) is 32.0. The molecule has 0 rings (SSSR count). The first-order valence-electron chi connectivity index (χ1n) is 1.18. The third-order valence-electron chi connectivity index (χ3n) is 0. The summed E-state index contributed by atoms with van der Waals surface area (Å²) in [4.78, 5) is 34.3. The van der Waals surface area contributed by atoms with Gasteiger partial charge in [0.2, 0.25) is 0 Å². The van der Waals surface area contributed by atoms with Gasteiger partial charge in [0.25, 0.3) is 0 Å². The molecule has 7 nitrogen and oxygen atoms in total. The molecule has 0 saturated carbocycles. The van der Waals surface area contributed by atoms with E-state index in [2.05, 4.69) is 5.04 Å². The summed E-state index contributed by atoms with van der Waals surface area (Å²) in [6.45, 7) is 0. The van der Waals surface area contributed by atoms with E-state index in [0.717, 1.165) is 0 Å². The van der Waals surface area contributed by atoms with Crippen molar-refractivity contribution in [2.75, 3.05) is 0 Å². The van der Waals surface area contributed by atoms with Gasteiger partial charge in [0.05, 0.1) is 0 Å². The second kappa shape index (κ2) is 14.0. The van der Waals surface area contributed by atoms with Crippen LogP contribution in [0.4, 0.5) is 0 Å². The Labute approximate surface area is 117 Å². The Morgan fingerprint density at radius 1 is 0.900 bits per heavy atom. The van der Waals surface area contributed by atoms with Crippen molar-refractivity contribution in [1.82, 2.24) is 0 Å². The summed E-state index contributed by atoms with van der Waals surface area (Å²) in [5.41, 5.74) is 0. The predicted molar refractivity (Wildman–Crippen MR) is 23.6 cm³/mol. The summed E-state index contributed by atoms with van der Waals surface area (Å²) in [7, 11) is -5.61. The largest absolute Gasteiger partial charge is 2.00 e. The van der Waals surface area contributed by atoms with Crippen LogP contribution in [0.2, 0.25) is 0 Å². The quantitative estimate of drug-likeness (QED) is 0.236. The van der Waals surface area contributed by atoms with Gasteiger partial charge in [-0.1, -0.05) is 5.04 Å². The van der Waals surface area contributed by atoms with Crippen LogP contribution >= 0.6 is 0 Å². The third-order valence-corrected chi connectivity index (χ3v) is 0. The van der Waals surface area contributed by atoms with Crippen LogP contribution in [-0.4, -0.2) is 95.0 Å². The molecular weight excluding hydrogens is 220 g/mol. The molecule has 10 heavy (non-hydrogen) atoms. The summed E-state index contributed by atoms with van der Waals surface area (Å²) in [5.74, 6) is 0. The number of rotatable bonds is 0. The van der Waals surface area contributed by atoms with E-state index < -0.39 is 9.05 Å². The molecule has 0 atom stereocenters. The van der Waals surface area contributed by atoms with Gasteiger partial charge in [-0.3, -0.25) is 0 Å². The first-order valence-corrected chi connectivity index (χ1v) is 2.81.